The quantitative estimate of drug-likeness (QED) is 0.862. The standard InChI is InChI=1S/C18H21NO3/c1-13-3-8-17(22-2)15(11-13)9-10-19-18(21)12-14-4-6-16(20)7-5-14/h3-8,11,20H,9-10,12H2,1-2H3,(H,19,21). The lowest BCUT2D eigenvalue weighted by molar-refractivity contribution is -0.120. The fourth-order valence-electron chi connectivity index (χ4n) is 2.30. The van der Waals surface area contributed by atoms with Gasteiger partial charge in [-0.2, -0.15) is 0 Å². The first-order valence-electron chi connectivity index (χ1n) is 7.26. The summed E-state index contributed by atoms with van der Waals surface area (Å²) in [5.74, 6) is 1.02. The van der Waals surface area contributed by atoms with Gasteiger partial charge in [-0.25, -0.2) is 0 Å². The largest absolute Gasteiger partial charge is 0.508 e. The minimum Gasteiger partial charge on any atom is -0.508 e. The average molecular weight is 299 g/mol. The van der Waals surface area contributed by atoms with E-state index in [2.05, 4.69) is 11.4 Å². The van der Waals surface area contributed by atoms with Gasteiger partial charge >= 0.3 is 0 Å². The van der Waals surface area contributed by atoms with Crippen molar-refractivity contribution >= 4 is 5.91 Å². The topological polar surface area (TPSA) is 58.6 Å². The van der Waals surface area contributed by atoms with E-state index in [1.807, 2.05) is 19.1 Å². The third kappa shape index (κ3) is 4.52. The van der Waals surface area contributed by atoms with Crippen LogP contribution >= 0.6 is 0 Å². The van der Waals surface area contributed by atoms with E-state index in [1.54, 1.807) is 31.4 Å². The highest BCUT2D eigenvalue weighted by atomic mass is 16.5. The van der Waals surface area contributed by atoms with Crippen LogP contribution in [0, 0.1) is 6.92 Å². The summed E-state index contributed by atoms with van der Waals surface area (Å²) in [6.07, 6.45) is 1.04. The molecule has 2 aromatic rings. The summed E-state index contributed by atoms with van der Waals surface area (Å²) < 4.78 is 5.33. The van der Waals surface area contributed by atoms with E-state index in [0.717, 1.165) is 23.3 Å². The summed E-state index contributed by atoms with van der Waals surface area (Å²) in [4.78, 5) is 11.9. The molecular formula is C18H21NO3. The number of hydrogen-bond donors (Lipinski definition) is 2. The third-order valence-electron chi connectivity index (χ3n) is 3.45. The molecule has 2 rings (SSSR count). The van der Waals surface area contributed by atoms with Crippen molar-refractivity contribution in [1.29, 1.82) is 0 Å². The van der Waals surface area contributed by atoms with Gasteiger partial charge in [0.25, 0.3) is 0 Å². The number of aryl methyl sites for hydroxylation is 1. The summed E-state index contributed by atoms with van der Waals surface area (Å²) in [6, 6.07) is 12.7. The Morgan fingerprint density at radius 1 is 1.18 bits per heavy atom. The molecule has 0 saturated carbocycles. The van der Waals surface area contributed by atoms with Gasteiger partial charge in [-0.3, -0.25) is 4.79 Å². The maximum Gasteiger partial charge on any atom is 0.224 e. The van der Waals surface area contributed by atoms with Gasteiger partial charge in [0.05, 0.1) is 13.5 Å². The molecule has 22 heavy (non-hydrogen) atoms. The molecule has 1 amide bonds. The predicted octanol–water partition coefficient (Wildman–Crippen LogP) is 2.61. The molecule has 0 radical (unpaired) electrons. The Hall–Kier alpha value is -2.49. The van der Waals surface area contributed by atoms with E-state index in [-0.39, 0.29) is 11.7 Å². The minimum atomic E-state index is -0.0303. The number of amides is 1. The van der Waals surface area contributed by atoms with Crippen LogP contribution < -0.4 is 10.1 Å². The van der Waals surface area contributed by atoms with Gasteiger partial charge in [0.15, 0.2) is 0 Å². The number of aromatic hydroxyl groups is 1. The molecule has 0 bridgehead atoms. The highest BCUT2D eigenvalue weighted by Gasteiger charge is 2.06. The van der Waals surface area contributed by atoms with E-state index in [0.29, 0.717) is 13.0 Å². The number of hydrogen-bond acceptors (Lipinski definition) is 3. The summed E-state index contributed by atoms with van der Waals surface area (Å²) in [5.41, 5.74) is 3.14. The minimum absolute atomic E-state index is 0.0303. The van der Waals surface area contributed by atoms with Crippen molar-refractivity contribution in [2.75, 3.05) is 13.7 Å². The second-order valence-corrected chi connectivity index (χ2v) is 5.26. The molecule has 2 aromatic carbocycles. The number of phenolic OH excluding ortho intramolecular Hbond substituents is 1. The van der Waals surface area contributed by atoms with Crippen molar-refractivity contribution in [2.24, 2.45) is 0 Å². The Kier molecular flexibility index (Phi) is 5.42. The van der Waals surface area contributed by atoms with Gasteiger partial charge in [0.2, 0.25) is 5.91 Å². The number of carbonyl (C=O) groups excluding carboxylic acids is 1. The number of methoxy groups -OCH3 is 1. The molecule has 0 aliphatic rings. The second-order valence-electron chi connectivity index (χ2n) is 5.26. The van der Waals surface area contributed by atoms with Crippen LogP contribution in [0.25, 0.3) is 0 Å². The molecule has 4 nitrogen and oxygen atoms in total. The van der Waals surface area contributed by atoms with E-state index < -0.39 is 0 Å². The summed E-state index contributed by atoms with van der Waals surface area (Å²) >= 11 is 0. The molecule has 0 aliphatic heterocycles. The summed E-state index contributed by atoms with van der Waals surface area (Å²) in [6.45, 7) is 2.60. The van der Waals surface area contributed by atoms with Gasteiger partial charge in [-0.05, 0) is 42.7 Å². The Labute approximate surface area is 130 Å². The van der Waals surface area contributed by atoms with E-state index in [9.17, 15) is 9.90 Å². The maximum absolute atomic E-state index is 11.9. The van der Waals surface area contributed by atoms with Gasteiger partial charge in [-0.1, -0.05) is 29.8 Å². The second kappa shape index (κ2) is 7.50. The Morgan fingerprint density at radius 3 is 2.59 bits per heavy atom. The Morgan fingerprint density at radius 2 is 1.91 bits per heavy atom. The highest BCUT2D eigenvalue weighted by molar-refractivity contribution is 5.78. The molecule has 0 saturated heterocycles. The van der Waals surface area contributed by atoms with Crippen LogP contribution in [0.5, 0.6) is 11.5 Å². The van der Waals surface area contributed by atoms with Crippen molar-refractivity contribution in [1.82, 2.24) is 5.32 Å². The number of carbonyl (C=O) groups is 1. The zero-order valence-electron chi connectivity index (χ0n) is 12.9. The molecule has 0 fully saturated rings. The third-order valence-corrected chi connectivity index (χ3v) is 3.45. The zero-order chi connectivity index (χ0) is 15.9. The SMILES string of the molecule is COc1ccc(C)cc1CCNC(=O)Cc1ccc(O)cc1. The van der Waals surface area contributed by atoms with Crippen LogP contribution in [0.15, 0.2) is 42.5 Å². The molecule has 116 valence electrons. The first-order chi connectivity index (χ1) is 10.6. The van der Waals surface area contributed by atoms with Crippen LogP contribution in [-0.4, -0.2) is 24.7 Å². The van der Waals surface area contributed by atoms with Gasteiger partial charge in [-0.15, -0.1) is 0 Å². The fourth-order valence-corrected chi connectivity index (χ4v) is 2.30. The number of nitrogens with one attached hydrogen (secondary N) is 1. The molecule has 0 atom stereocenters. The van der Waals surface area contributed by atoms with Crippen LogP contribution in [0.1, 0.15) is 16.7 Å². The molecule has 0 aromatic heterocycles. The number of phenols is 1. The van der Waals surface area contributed by atoms with Crippen LogP contribution in [-0.2, 0) is 17.6 Å². The van der Waals surface area contributed by atoms with Crippen LogP contribution in [0.2, 0.25) is 0 Å². The van der Waals surface area contributed by atoms with Crippen LogP contribution in [0.4, 0.5) is 0 Å². The first-order valence-corrected chi connectivity index (χ1v) is 7.26. The number of ether oxygens (including phenoxy) is 1. The summed E-state index contributed by atoms with van der Waals surface area (Å²) in [7, 11) is 1.65. The Balaban J connectivity index is 1.84. The van der Waals surface area contributed by atoms with E-state index in [1.165, 1.54) is 5.56 Å². The smallest absolute Gasteiger partial charge is 0.224 e. The lowest BCUT2D eigenvalue weighted by Gasteiger charge is -2.10. The van der Waals surface area contributed by atoms with Gasteiger partial charge in [0, 0.05) is 6.54 Å². The summed E-state index contributed by atoms with van der Waals surface area (Å²) in [5, 5.41) is 12.1. The van der Waals surface area contributed by atoms with E-state index in [4.69, 9.17) is 4.74 Å². The number of benzene rings is 2. The van der Waals surface area contributed by atoms with Crippen molar-refractivity contribution in [3.05, 3.63) is 59.2 Å². The van der Waals surface area contributed by atoms with Crippen molar-refractivity contribution in [3.8, 4) is 11.5 Å². The van der Waals surface area contributed by atoms with Gasteiger partial charge in [0.1, 0.15) is 11.5 Å². The molecule has 0 spiro atoms. The lowest BCUT2D eigenvalue weighted by Crippen LogP contribution is -2.27. The molecule has 0 aliphatic carbocycles. The Bertz CT molecular complexity index is 635. The van der Waals surface area contributed by atoms with Crippen molar-refractivity contribution in [3.63, 3.8) is 0 Å². The first kappa shape index (κ1) is 15.9. The lowest BCUT2D eigenvalue weighted by atomic mass is 10.1. The molecule has 0 unspecified atom stereocenters. The van der Waals surface area contributed by atoms with Crippen molar-refractivity contribution in [2.45, 2.75) is 19.8 Å². The normalized spacial score (nSPS) is 10.3. The monoisotopic (exact) mass is 299 g/mol. The zero-order valence-corrected chi connectivity index (χ0v) is 12.9. The highest BCUT2D eigenvalue weighted by Crippen LogP contribution is 2.19. The molecular weight excluding hydrogens is 278 g/mol. The van der Waals surface area contributed by atoms with Crippen molar-refractivity contribution < 1.29 is 14.6 Å². The molecule has 0 heterocycles. The maximum atomic E-state index is 11.9. The molecule has 4 heteroatoms. The number of rotatable bonds is 6. The van der Waals surface area contributed by atoms with E-state index >= 15 is 0 Å². The predicted molar refractivity (Wildman–Crippen MR) is 86.3 cm³/mol. The van der Waals surface area contributed by atoms with Gasteiger partial charge < -0.3 is 15.2 Å². The fraction of sp³-hybridized carbons (Fsp3) is 0.278. The molecule has 2 N–H and O–H groups in total. The van der Waals surface area contributed by atoms with Crippen LogP contribution in [0.3, 0.4) is 0 Å². The average Bonchev–Trinajstić information content (AvgIpc) is 2.50.